The quantitative estimate of drug-likeness (QED) is 0.546. The second kappa shape index (κ2) is 1.69. The van der Waals surface area contributed by atoms with Gasteiger partial charge >= 0.3 is 0 Å². The Bertz CT molecular complexity index is 205. The molecule has 0 radical (unpaired) electrons. The highest BCUT2D eigenvalue weighted by atomic mass is 16.4. The predicted molar refractivity (Wildman–Crippen MR) is 37.0 cm³/mol. The zero-order valence-electron chi connectivity index (χ0n) is 5.56. The van der Waals surface area contributed by atoms with Gasteiger partial charge in [-0.1, -0.05) is 0 Å². The van der Waals surface area contributed by atoms with Gasteiger partial charge in [-0.25, -0.2) is 0 Å². The summed E-state index contributed by atoms with van der Waals surface area (Å²) in [5.74, 6) is 1.12. The standard InChI is InChI=1S/C6H10N2O/c1-3-5(7)4(2)9-6(3)8/h7-8H2,1-2H3. The van der Waals surface area contributed by atoms with Crippen LogP contribution in [-0.2, 0) is 0 Å². The molecule has 0 aliphatic carbocycles. The van der Waals surface area contributed by atoms with E-state index in [2.05, 4.69) is 0 Å². The molecule has 4 N–H and O–H groups in total. The number of furan rings is 1. The highest BCUT2D eigenvalue weighted by Gasteiger charge is 2.06. The lowest BCUT2D eigenvalue weighted by molar-refractivity contribution is 0.554. The van der Waals surface area contributed by atoms with Gasteiger partial charge in [0, 0.05) is 5.56 Å². The van der Waals surface area contributed by atoms with Crippen molar-refractivity contribution in [2.75, 3.05) is 11.5 Å². The Morgan fingerprint density at radius 1 is 1.22 bits per heavy atom. The Labute approximate surface area is 53.6 Å². The van der Waals surface area contributed by atoms with Gasteiger partial charge < -0.3 is 15.9 Å². The third-order valence-electron chi connectivity index (χ3n) is 1.42. The molecule has 1 aromatic heterocycles. The van der Waals surface area contributed by atoms with Crippen LogP contribution in [0.5, 0.6) is 0 Å². The molecular weight excluding hydrogens is 116 g/mol. The smallest absolute Gasteiger partial charge is 0.195 e. The number of rotatable bonds is 0. The molecule has 1 heterocycles. The minimum Gasteiger partial charge on any atom is -0.444 e. The summed E-state index contributed by atoms with van der Waals surface area (Å²) in [5, 5.41) is 0. The summed E-state index contributed by atoms with van der Waals surface area (Å²) in [6, 6.07) is 0. The number of hydrogen-bond acceptors (Lipinski definition) is 3. The Morgan fingerprint density at radius 2 is 1.78 bits per heavy atom. The van der Waals surface area contributed by atoms with E-state index in [0.717, 1.165) is 5.56 Å². The van der Waals surface area contributed by atoms with E-state index < -0.39 is 0 Å². The molecule has 0 saturated heterocycles. The molecule has 1 aromatic rings. The van der Waals surface area contributed by atoms with Gasteiger partial charge in [-0.3, -0.25) is 0 Å². The summed E-state index contributed by atoms with van der Waals surface area (Å²) >= 11 is 0. The molecular formula is C6H10N2O. The molecule has 0 atom stereocenters. The van der Waals surface area contributed by atoms with Gasteiger partial charge in [-0.05, 0) is 13.8 Å². The molecule has 0 bridgehead atoms. The normalized spacial score (nSPS) is 10.0. The van der Waals surface area contributed by atoms with Crippen LogP contribution in [0.15, 0.2) is 4.42 Å². The average Bonchev–Trinajstić information content (AvgIpc) is 1.98. The van der Waals surface area contributed by atoms with Crippen LogP contribution in [0.3, 0.4) is 0 Å². The first kappa shape index (κ1) is 6.01. The van der Waals surface area contributed by atoms with Crippen molar-refractivity contribution in [3.8, 4) is 0 Å². The summed E-state index contributed by atoms with van der Waals surface area (Å²) in [7, 11) is 0. The van der Waals surface area contributed by atoms with Gasteiger partial charge in [-0.15, -0.1) is 0 Å². The summed E-state index contributed by atoms with van der Waals surface area (Å²) in [5.41, 5.74) is 12.4. The molecule has 0 aromatic carbocycles. The van der Waals surface area contributed by atoms with E-state index in [0.29, 0.717) is 17.3 Å². The van der Waals surface area contributed by atoms with Crippen molar-refractivity contribution >= 4 is 11.6 Å². The van der Waals surface area contributed by atoms with Gasteiger partial charge in [0.1, 0.15) is 5.76 Å². The van der Waals surface area contributed by atoms with E-state index in [9.17, 15) is 0 Å². The molecule has 0 aliphatic heterocycles. The van der Waals surface area contributed by atoms with E-state index in [-0.39, 0.29) is 0 Å². The van der Waals surface area contributed by atoms with Crippen molar-refractivity contribution in [2.45, 2.75) is 13.8 Å². The van der Waals surface area contributed by atoms with Gasteiger partial charge in [0.25, 0.3) is 0 Å². The van der Waals surface area contributed by atoms with Crippen molar-refractivity contribution in [2.24, 2.45) is 0 Å². The van der Waals surface area contributed by atoms with Crippen molar-refractivity contribution in [3.05, 3.63) is 11.3 Å². The highest BCUT2D eigenvalue weighted by Crippen LogP contribution is 2.24. The third-order valence-corrected chi connectivity index (χ3v) is 1.42. The van der Waals surface area contributed by atoms with Gasteiger partial charge in [-0.2, -0.15) is 0 Å². The molecule has 9 heavy (non-hydrogen) atoms. The number of anilines is 2. The Hall–Kier alpha value is -1.12. The van der Waals surface area contributed by atoms with E-state index in [4.69, 9.17) is 15.9 Å². The second-order valence-corrected chi connectivity index (χ2v) is 2.06. The van der Waals surface area contributed by atoms with Crippen molar-refractivity contribution in [1.82, 2.24) is 0 Å². The molecule has 1 rings (SSSR count). The Balaban J connectivity index is 3.29. The van der Waals surface area contributed by atoms with E-state index in [1.54, 1.807) is 6.92 Å². The molecule has 50 valence electrons. The molecule has 0 amide bonds. The highest BCUT2D eigenvalue weighted by molar-refractivity contribution is 5.58. The first-order chi connectivity index (χ1) is 4.13. The predicted octanol–water partition coefficient (Wildman–Crippen LogP) is 1.06. The van der Waals surface area contributed by atoms with Crippen molar-refractivity contribution in [1.29, 1.82) is 0 Å². The molecule has 3 heteroatoms. The van der Waals surface area contributed by atoms with Crippen molar-refractivity contribution < 1.29 is 4.42 Å². The molecule has 0 saturated carbocycles. The van der Waals surface area contributed by atoms with Crippen LogP contribution in [0, 0.1) is 13.8 Å². The largest absolute Gasteiger partial charge is 0.444 e. The Morgan fingerprint density at radius 3 is 1.89 bits per heavy atom. The summed E-state index contributed by atoms with van der Waals surface area (Å²) in [6.45, 7) is 3.62. The lowest BCUT2D eigenvalue weighted by Crippen LogP contribution is -1.88. The number of nitrogens with two attached hydrogens (primary N) is 2. The van der Waals surface area contributed by atoms with Crippen LogP contribution in [0.1, 0.15) is 11.3 Å². The van der Waals surface area contributed by atoms with Crippen molar-refractivity contribution in [3.63, 3.8) is 0 Å². The van der Waals surface area contributed by atoms with Gasteiger partial charge in [0.2, 0.25) is 0 Å². The van der Waals surface area contributed by atoms with Crippen LogP contribution in [0.4, 0.5) is 11.6 Å². The van der Waals surface area contributed by atoms with Crippen LogP contribution in [0.25, 0.3) is 0 Å². The van der Waals surface area contributed by atoms with Crippen LogP contribution >= 0.6 is 0 Å². The Kier molecular flexibility index (Phi) is 1.12. The first-order valence-electron chi connectivity index (χ1n) is 2.74. The summed E-state index contributed by atoms with van der Waals surface area (Å²) in [4.78, 5) is 0. The van der Waals surface area contributed by atoms with Crippen LogP contribution in [-0.4, -0.2) is 0 Å². The second-order valence-electron chi connectivity index (χ2n) is 2.06. The topological polar surface area (TPSA) is 65.2 Å². The lowest BCUT2D eigenvalue weighted by atomic mass is 10.3. The van der Waals surface area contributed by atoms with Crippen LogP contribution in [0.2, 0.25) is 0 Å². The minimum atomic E-state index is 0.421. The molecule has 0 fully saturated rings. The maximum absolute atomic E-state index is 5.53. The van der Waals surface area contributed by atoms with E-state index in [1.807, 2.05) is 6.92 Å². The lowest BCUT2D eigenvalue weighted by Gasteiger charge is -1.85. The fourth-order valence-electron chi connectivity index (χ4n) is 0.693. The molecule has 0 spiro atoms. The number of hydrogen-bond donors (Lipinski definition) is 2. The molecule has 0 aliphatic rings. The zero-order chi connectivity index (χ0) is 7.02. The van der Waals surface area contributed by atoms with E-state index in [1.165, 1.54) is 0 Å². The summed E-state index contributed by atoms with van der Waals surface area (Å²) < 4.78 is 5.00. The maximum atomic E-state index is 5.53. The average molecular weight is 126 g/mol. The molecule has 0 unspecified atom stereocenters. The monoisotopic (exact) mass is 126 g/mol. The minimum absolute atomic E-state index is 0.421. The number of nitrogen functional groups attached to an aromatic ring is 2. The fraction of sp³-hybridized carbons (Fsp3) is 0.333. The molecule has 3 nitrogen and oxygen atoms in total. The summed E-state index contributed by atoms with van der Waals surface area (Å²) in [6.07, 6.45) is 0. The van der Waals surface area contributed by atoms with Gasteiger partial charge in [0.05, 0.1) is 5.69 Å². The zero-order valence-corrected chi connectivity index (χ0v) is 5.56. The van der Waals surface area contributed by atoms with Gasteiger partial charge in [0.15, 0.2) is 5.88 Å². The van der Waals surface area contributed by atoms with Crippen LogP contribution < -0.4 is 11.5 Å². The first-order valence-corrected chi connectivity index (χ1v) is 2.74. The fourth-order valence-corrected chi connectivity index (χ4v) is 0.693. The maximum Gasteiger partial charge on any atom is 0.195 e. The number of aryl methyl sites for hydroxylation is 1. The van der Waals surface area contributed by atoms with E-state index >= 15 is 0 Å². The SMILES string of the molecule is Cc1oc(N)c(C)c1N. The third kappa shape index (κ3) is 0.740.